The first-order valence-corrected chi connectivity index (χ1v) is 7.30. The number of pyridine rings is 1. The van der Waals surface area contributed by atoms with Crippen LogP contribution in [0, 0.1) is 5.95 Å². The third-order valence-electron chi connectivity index (χ3n) is 3.10. The van der Waals surface area contributed by atoms with Crippen LogP contribution in [0.1, 0.15) is 36.7 Å². The number of aromatic nitrogens is 1. The van der Waals surface area contributed by atoms with E-state index in [0.29, 0.717) is 5.25 Å². The summed E-state index contributed by atoms with van der Waals surface area (Å²) in [6.45, 7) is 2.12. The molecule has 2 atom stereocenters. The molecular weight excluding hydrogens is 251 g/mol. The molecule has 1 N–H and O–H groups in total. The van der Waals surface area contributed by atoms with Gasteiger partial charge in [-0.15, -0.1) is 0 Å². The van der Waals surface area contributed by atoms with E-state index in [-0.39, 0.29) is 17.6 Å². The van der Waals surface area contributed by atoms with E-state index in [0.717, 1.165) is 25.0 Å². The SMILES string of the molecule is CCSC1CCCC1NC(=O)c1cccc(F)n1. The number of nitrogens with zero attached hydrogens (tertiary/aromatic N) is 1. The van der Waals surface area contributed by atoms with Crippen LogP contribution in [0.5, 0.6) is 0 Å². The number of amides is 1. The summed E-state index contributed by atoms with van der Waals surface area (Å²) >= 11 is 1.88. The average Bonchev–Trinajstić information content (AvgIpc) is 2.77. The Morgan fingerprint density at radius 1 is 1.56 bits per heavy atom. The first-order valence-electron chi connectivity index (χ1n) is 6.25. The Labute approximate surface area is 111 Å². The van der Waals surface area contributed by atoms with Gasteiger partial charge >= 0.3 is 0 Å². The minimum absolute atomic E-state index is 0.155. The van der Waals surface area contributed by atoms with Gasteiger partial charge in [-0.3, -0.25) is 4.79 Å². The number of halogens is 1. The summed E-state index contributed by atoms with van der Waals surface area (Å²) in [5.41, 5.74) is 0.155. The first kappa shape index (κ1) is 13.3. The zero-order valence-electron chi connectivity index (χ0n) is 10.4. The van der Waals surface area contributed by atoms with Crippen LogP contribution in [0.4, 0.5) is 4.39 Å². The molecule has 1 saturated carbocycles. The van der Waals surface area contributed by atoms with Crippen LogP contribution in [0.25, 0.3) is 0 Å². The second-order valence-corrected chi connectivity index (χ2v) is 5.87. The molecule has 1 aromatic heterocycles. The molecule has 1 aliphatic rings. The average molecular weight is 268 g/mol. The van der Waals surface area contributed by atoms with Crippen LogP contribution in [0.2, 0.25) is 0 Å². The van der Waals surface area contributed by atoms with Crippen molar-refractivity contribution in [2.24, 2.45) is 0 Å². The number of hydrogen-bond donors (Lipinski definition) is 1. The monoisotopic (exact) mass is 268 g/mol. The van der Waals surface area contributed by atoms with Crippen LogP contribution in [0.15, 0.2) is 18.2 Å². The highest BCUT2D eigenvalue weighted by molar-refractivity contribution is 7.99. The minimum atomic E-state index is -0.617. The molecule has 0 bridgehead atoms. The Balaban J connectivity index is 1.98. The van der Waals surface area contributed by atoms with E-state index < -0.39 is 5.95 Å². The molecule has 5 heteroatoms. The third kappa shape index (κ3) is 3.22. The second kappa shape index (κ2) is 6.18. The van der Waals surface area contributed by atoms with Crippen molar-refractivity contribution in [2.75, 3.05) is 5.75 Å². The molecule has 1 aromatic rings. The standard InChI is InChI=1S/C13H17FN2OS/c1-2-18-11-7-3-5-9(11)16-13(17)10-6-4-8-12(14)15-10/h4,6,8-9,11H,2-3,5,7H2,1H3,(H,16,17). The third-order valence-corrected chi connectivity index (χ3v) is 4.42. The fraction of sp³-hybridized carbons (Fsp3) is 0.538. The summed E-state index contributed by atoms with van der Waals surface area (Å²) in [5.74, 6) is 0.159. The Morgan fingerprint density at radius 2 is 2.39 bits per heavy atom. The van der Waals surface area contributed by atoms with E-state index in [2.05, 4.69) is 17.2 Å². The van der Waals surface area contributed by atoms with E-state index in [1.807, 2.05) is 11.8 Å². The van der Waals surface area contributed by atoms with Gasteiger partial charge in [0, 0.05) is 11.3 Å². The lowest BCUT2D eigenvalue weighted by Crippen LogP contribution is -2.39. The van der Waals surface area contributed by atoms with Crippen LogP contribution in [-0.4, -0.2) is 27.9 Å². The van der Waals surface area contributed by atoms with Crippen LogP contribution in [0.3, 0.4) is 0 Å². The smallest absolute Gasteiger partial charge is 0.270 e. The Hall–Kier alpha value is -1.10. The quantitative estimate of drug-likeness (QED) is 0.854. The van der Waals surface area contributed by atoms with Gasteiger partial charge in [-0.2, -0.15) is 16.2 Å². The van der Waals surface area contributed by atoms with Gasteiger partial charge in [-0.1, -0.05) is 19.4 Å². The fourth-order valence-corrected chi connectivity index (χ4v) is 3.48. The lowest BCUT2D eigenvalue weighted by Gasteiger charge is -2.19. The van der Waals surface area contributed by atoms with Crippen molar-refractivity contribution in [1.29, 1.82) is 0 Å². The molecule has 0 aromatic carbocycles. The summed E-state index contributed by atoms with van der Waals surface area (Å²) < 4.78 is 12.9. The van der Waals surface area contributed by atoms with Gasteiger partial charge in [0.25, 0.3) is 5.91 Å². The first-order chi connectivity index (χ1) is 8.70. The molecule has 1 amide bonds. The molecule has 18 heavy (non-hydrogen) atoms. The molecule has 0 aliphatic heterocycles. The Morgan fingerprint density at radius 3 is 3.11 bits per heavy atom. The van der Waals surface area contributed by atoms with Gasteiger partial charge in [0.15, 0.2) is 0 Å². The Kier molecular flexibility index (Phi) is 4.58. The predicted molar refractivity (Wildman–Crippen MR) is 71.2 cm³/mol. The molecule has 0 spiro atoms. The van der Waals surface area contributed by atoms with Gasteiger partial charge in [-0.05, 0) is 30.7 Å². The van der Waals surface area contributed by atoms with Crippen molar-refractivity contribution >= 4 is 17.7 Å². The number of thioether (sulfide) groups is 1. The van der Waals surface area contributed by atoms with Gasteiger partial charge in [0.05, 0.1) is 0 Å². The largest absolute Gasteiger partial charge is 0.347 e. The summed E-state index contributed by atoms with van der Waals surface area (Å²) in [6.07, 6.45) is 3.28. The summed E-state index contributed by atoms with van der Waals surface area (Å²) in [7, 11) is 0. The van der Waals surface area contributed by atoms with Gasteiger partial charge < -0.3 is 5.32 Å². The number of nitrogens with one attached hydrogen (secondary N) is 1. The number of hydrogen-bond acceptors (Lipinski definition) is 3. The number of rotatable bonds is 4. The highest BCUT2D eigenvalue weighted by Gasteiger charge is 2.28. The summed E-state index contributed by atoms with van der Waals surface area (Å²) in [5, 5.41) is 3.45. The molecule has 1 aliphatic carbocycles. The maximum atomic E-state index is 12.9. The van der Waals surface area contributed by atoms with Gasteiger partial charge in [0.1, 0.15) is 5.69 Å². The normalized spacial score (nSPS) is 23.0. The number of carbonyl (C=O) groups excluding carboxylic acids is 1. The molecule has 98 valence electrons. The van der Waals surface area contributed by atoms with Crippen LogP contribution in [-0.2, 0) is 0 Å². The van der Waals surface area contributed by atoms with Crippen molar-refractivity contribution in [2.45, 2.75) is 37.5 Å². The van der Waals surface area contributed by atoms with Crippen molar-refractivity contribution in [1.82, 2.24) is 10.3 Å². The molecule has 1 heterocycles. The zero-order valence-corrected chi connectivity index (χ0v) is 11.2. The lowest BCUT2D eigenvalue weighted by molar-refractivity contribution is 0.0932. The van der Waals surface area contributed by atoms with Gasteiger partial charge in [-0.25, -0.2) is 4.98 Å². The van der Waals surface area contributed by atoms with E-state index in [4.69, 9.17) is 0 Å². The predicted octanol–water partition coefficient (Wildman–Crippen LogP) is 2.62. The molecule has 0 radical (unpaired) electrons. The van der Waals surface area contributed by atoms with E-state index in [1.165, 1.54) is 18.2 Å². The maximum absolute atomic E-state index is 12.9. The highest BCUT2D eigenvalue weighted by atomic mass is 32.2. The van der Waals surface area contributed by atoms with Gasteiger partial charge in [0.2, 0.25) is 5.95 Å². The molecule has 1 fully saturated rings. The lowest BCUT2D eigenvalue weighted by atomic mass is 10.2. The Bertz CT molecular complexity index is 427. The fourth-order valence-electron chi connectivity index (χ4n) is 2.28. The summed E-state index contributed by atoms with van der Waals surface area (Å²) in [4.78, 5) is 15.6. The van der Waals surface area contributed by atoms with Crippen molar-refractivity contribution in [3.05, 3.63) is 29.8 Å². The number of carbonyl (C=O) groups is 1. The van der Waals surface area contributed by atoms with Crippen LogP contribution < -0.4 is 5.32 Å². The van der Waals surface area contributed by atoms with Crippen molar-refractivity contribution in [3.8, 4) is 0 Å². The molecule has 0 saturated heterocycles. The molecule has 2 rings (SSSR count). The molecule has 3 nitrogen and oxygen atoms in total. The van der Waals surface area contributed by atoms with Crippen LogP contribution >= 0.6 is 11.8 Å². The zero-order chi connectivity index (χ0) is 13.0. The summed E-state index contributed by atoms with van der Waals surface area (Å²) in [6, 6.07) is 4.47. The van der Waals surface area contributed by atoms with E-state index >= 15 is 0 Å². The molecular formula is C13H17FN2OS. The van der Waals surface area contributed by atoms with Crippen molar-refractivity contribution < 1.29 is 9.18 Å². The topological polar surface area (TPSA) is 42.0 Å². The van der Waals surface area contributed by atoms with E-state index in [1.54, 1.807) is 0 Å². The maximum Gasteiger partial charge on any atom is 0.270 e. The highest BCUT2D eigenvalue weighted by Crippen LogP contribution is 2.29. The second-order valence-electron chi connectivity index (χ2n) is 4.35. The minimum Gasteiger partial charge on any atom is -0.347 e. The van der Waals surface area contributed by atoms with E-state index in [9.17, 15) is 9.18 Å². The van der Waals surface area contributed by atoms with Crippen molar-refractivity contribution in [3.63, 3.8) is 0 Å². The molecule has 2 unspecified atom stereocenters.